The topological polar surface area (TPSA) is 58.4 Å². The van der Waals surface area contributed by atoms with E-state index in [9.17, 15) is 4.79 Å². The lowest BCUT2D eigenvalue weighted by Crippen LogP contribution is -2.37. The fourth-order valence-electron chi connectivity index (χ4n) is 2.75. The Kier molecular flexibility index (Phi) is 4.59. The standard InChI is InChI=1S/C11H21N3O.ClH/c1-11(3-4-13-7-11)8-14-5-2-9(6-14)10(12)15;/h9,13H,2-8H2,1H3,(H2,12,15);1H. The highest BCUT2D eigenvalue weighted by atomic mass is 35.5. The molecule has 0 spiro atoms. The number of nitrogens with two attached hydrogens (primary N) is 1. The zero-order chi connectivity index (χ0) is 10.9. The average Bonchev–Trinajstić information content (AvgIpc) is 2.75. The van der Waals surface area contributed by atoms with Gasteiger partial charge in [0, 0.05) is 19.6 Å². The van der Waals surface area contributed by atoms with Crippen LogP contribution in [0.1, 0.15) is 19.8 Å². The Morgan fingerprint density at radius 3 is 2.88 bits per heavy atom. The molecule has 0 radical (unpaired) electrons. The van der Waals surface area contributed by atoms with Gasteiger partial charge in [-0.25, -0.2) is 0 Å². The molecule has 2 unspecified atom stereocenters. The van der Waals surface area contributed by atoms with Crippen molar-refractivity contribution in [3.8, 4) is 0 Å². The molecule has 5 heteroatoms. The molecule has 0 aromatic heterocycles. The Morgan fingerprint density at radius 2 is 2.38 bits per heavy atom. The van der Waals surface area contributed by atoms with Gasteiger partial charge in [0.15, 0.2) is 0 Å². The van der Waals surface area contributed by atoms with Crippen LogP contribution in [-0.2, 0) is 4.79 Å². The van der Waals surface area contributed by atoms with Crippen molar-refractivity contribution in [1.82, 2.24) is 10.2 Å². The molecule has 3 N–H and O–H groups in total. The number of carbonyl (C=O) groups is 1. The van der Waals surface area contributed by atoms with E-state index in [0.29, 0.717) is 5.41 Å². The lowest BCUT2D eigenvalue weighted by atomic mass is 9.89. The number of carbonyl (C=O) groups excluding carboxylic acids is 1. The van der Waals surface area contributed by atoms with Gasteiger partial charge in [-0.15, -0.1) is 12.4 Å². The predicted molar refractivity (Wildman–Crippen MR) is 66.6 cm³/mol. The Hall–Kier alpha value is -0.320. The minimum atomic E-state index is -0.132. The van der Waals surface area contributed by atoms with E-state index in [1.807, 2.05) is 0 Å². The summed E-state index contributed by atoms with van der Waals surface area (Å²) in [6.07, 6.45) is 2.18. The van der Waals surface area contributed by atoms with Gasteiger partial charge in [0.25, 0.3) is 0 Å². The summed E-state index contributed by atoms with van der Waals surface area (Å²) < 4.78 is 0. The highest BCUT2D eigenvalue weighted by Crippen LogP contribution is 2.28. The van der Waals surface area contributed by atoms with Crippen LogP contribution in [0.15, 0.2) is 0 Å². The van der Waals surface area contributed by atoms with Crippen LogP contribution >= 0.6 is 12.4 Å². The van der Waals surface area contributed by atoms with Gasteiger partial charge in [0.05, 0.1) is 5.92 Å². The molecule has 0 saturated carbocycles. The van der Waals surface area contributed by atoms with Crippen LogP contribution in [0.4, 0.5) is 0 Å². The highest BCUT2D eigenvalue weighted by Gasteiger charge is 2.34. The third-order valence-corrected chi connectivity index (χ3v) is 3.74. The monoisotopic (exact) mass is 247 g/mol. The van der Waals surface area contributed by atoms with E-state index in [2.05, 4.69) is 17.1 Å². The maximum atomic E-state index is 11.0. The molecule has 2 atom stereocenters. The van der Waals surface area contributed by atoms with Gasteiger partial charge < -0.3 is 16.0 Å². The molecular formula is C11H22ClN3O. The van der Waals surface area contributed by atoms with Gasteiger partial charge in [0.2, 0.25) is 5.91 Å². The summed E-state index contributed by atoms with van der Waals surface area (Å²) in [5, 5.41) is 3.40. The van der Waals surface area contributed by atoms with Crippen LogP contribution in [0.5, 0.6) is 0 Å². The second-order valence-electron chi connectivity index (χ2n) is 5.36. The molecule has 2 saturated heterocycles. The first-order valence-corrected chi connectivity index (χ1v) is 5.81. The van der Waals surface area contributed by atoms with Crippen molar-refractivity contribution >= 4 is 18.3 Å². The van der Waals surface area contributed by atoms with Crippen molar-refractivity contribution in [2.24, 2.45) is 17.1 Å². The Labute approximate surface area is 103 Å². The lowest BCUT2D eigenvalue weighted by Gasteiger charge is -2.28. The van der Waals surface area contributed by atoms with E-state index >= 15 is 0 Å². The molecule has 1 amide bonds. The predicted octanol–water partition coefficient (Wildman–Crippen LogP) is 0.215. The maximum absolute atomic E-state index is 11.0. The molecule has 2 aliphatic heterocycles. The normalized spacial score (nSPS) is 34.9. The number of likely N-dealkylation sites (tertiary alicyclic amines) is 1. The first-order valence-electron chi connectivity index (χ1n) is 5.81. The van der Waals surface area contributed by atoms with Crippen LogP contribution in [0.25, 0.3) is 0 Å². The minimum Gasteiger partial charge on any atom is -0.369 e. The van der Waals surface area contributed by atoms with Crippen LogP contribution in [0, 0.1) is 11.3 Å². The average molecular weight is 248 g/mol. The summed E-state index contributed by atoms with van der Waals surface area (Å²) in [5.74, 6) is -0.0461. The number of primary amides is 1. The third kappa shape index (κ3) is 3.09. The number of hydrogen-bond acceptors (Lipinski definition) is 3. The largest absolute Gasteiger partial charge is 0.369 e. The fraction of sp³-hybridized carbons (Fsp3) is 0.909. The SMILES string of the molecule is CC1(CN2CCC(C(N)=O)C2)CCNC1.Cl. The van der Waals surface area contributed by atoms with Gasteiger partial charge in [0.1, 0.15) is 0 Å². The summed E-state index contributed by atoms with van der Waals surface area (Å²) >= 11 is 0. The molecule has 94 valence electrons. The van der Waals surface area contributed by atoms with E-state index in [-0.39, 0.29) is 24.2 Å². The van der Waals surface area contributed by atoms with Crippen molar-refractivity contribution in [2.45, 2.75) is 19.8 Å². The third-order valence-electron chi connectivity index (χ3n) is 3.74. The number of rotatable bonds is 3. The summed E-state index contributed by atoms with van der Waals surface area (Å²) in [4.78, 5) is 13.4. The summed E-state index contributed by atoms with van der Waals surface area (Å²) in [7, 11) is 0. The van der Waals surface area contributed by atoms with E-state index < -0.39 is 0 Å². The number of nitrogens with one attached hydrogen (secondary N) is 1. The van der Waals surface area contributed by atoms with Gasteiger partial charge in [-0.1, -0.05) is 6.92 Å². The van der Waals surface area contributed by atoms with Gasteiger partial charge in [-0.3, -0.25) is 4.79 Å². The molecule has 0 aromatic carbocycles. The number of hydrogen-bond donors (Lipinski definition) is 2. The van der Waals surface area contributed by atoms with Gasteiger partial charge in [-0.05, 0) is 31.3 Å². The van der Waals surface area contributed by atoms with Crippen molar-refractivity contribution in [1.29, 1.82) is 0 Å². The summed E-state index contributed by atoms with van der Waals surface area (Å²) in [6.45, 7) is 7.55. The maximum Gasteiger partial charge on any atom is 0.221 e. The highest BCUT2D eigenvalue weighted by molar-refractivity contribution is 5.85. The number of amides is 1. The van der Waals surface area contributed by atoms with Crippen LogP contribution in [0.2, 0.25) is 0 Å². The molecule has 0 aliphatic carbocycles. The van der Waals surface area contributed by atoms with Crippen molar-refractivity contribution < 1.29 is 4.79 Å². The smallest absolute Gasteiger partial charge is 0.221 e. The molecule has 2 rings (SSSR count). The zero-order valence-corrected chi connectivity index (χ0v) is 10.7. The quantitative estimate of drug-likeness (QED) is 0.750. The Balaban J connectivity index is 0.00000128. The van der Waals surface area contributed by atoms with Crippen molar-refractivity contribution in [3.05, 3.63) is 0 Å². The second kappa shape index (κ2) is 5.34. The molecular weight excluding hydrogens is 226 g/mol. The Bertz CT molecular complexity index is 254. The second-order valence-corrected chi connectivity index (χ2v) is 5.36. The van der Waals surface area contributed by atoms with Gasteiger partial charge in [-0.2, -0.15) is 0 Å². The molecule has 4 nitrogen and oxygen atoms in total. The lowest BCUT2D eigenvalue weighted by molar-refractivity contribution is -0.121. The molecule has 0 aromatic rings. The van der Waals surface area contributed by atoms with Gasteiger partial charge >= 0.3 is 0 Å². The summed E-state index contributed by atoms with van der Waals surface area (Å²) in [6, 6.07) is 0. The summed E-state index contributed by atoms with van der Waals surface area (Å²) in [5.41, 5.74) is 5.72. The van der Waals surface area contributed by atoms with E-state index in [4.69, 9.17) is 5.73 Å². The van der Waals surface area contributed by atoms with Crippen LogP contribution in [0.3, 0.4) is 0 Å². The number of halogens is 1. The zero-order valence-electron chi connectivity index (χ0n) is 9.87. The van der Waals surface area contributed by atoms with E-state index in [1.54, 1.807) is 0 Å². The number of nitrogens with zero attached hydrogens (tertiary/aromatic N) is 1. The van der Waals surface area contributed by atoms with Crippen LogP contribution in [-0.4, -0.2) is 43.5 Å². The van der Waals surface area contributed by atoms with Crippen LogP contribution < -0.4 is 11.1 Å². The molecule has 2 fully saturated rings. The molecule has 16 heavy (non-hydrogen) atoms. The first-order chi connectivity index (χ1) is 7.09. The minimum absolute atomic E-state index is 0. The van der Waals surface area contributed by atoms with Crippen molar-refractivity contribution in [2.75, 3.05) is 32.7 Å². The van der Waals surface area contributed by atoms with Crippen molar-refractivity contribution in [3.63, 3.8) is 0 Å². The molecule has 2 aliphatic rings. The fourth-order valence-corrected chi connectivity index (χ4v) is 2.75. The first kappa shape index (κ1) is 13.7. The molecule has 2 heterocycles. The molecule has 0 bridgehead atoms. The van der Waals surface area contributed by atoms with E-state index in [1.165, 1.54) is 6.42 Å². The Morgan fingerprint density at radius 1 is 1.62 bits per heavy atom. The van der Waals surface area contributed by atoms with E-state index in [0.717, 1.165) is 39.1 Å².